The first-order valence-corrected chi connectivity index (χ1v) is 13.5. The predicted molar refractivity (Wildman–Crippen MR) is 164 cm³/mol. The fourth-order valence-corrected chi connectivity index (χ4v) is 5.40. The largest absolute Gasteiger partial charge is 0.455 e. The molecule has 8 aromatic rings. The van der Waals surface area contributed by atoms with E-state index in [1.807, 2.05) is 109 Å². The first-order valence-electron chi connectivity index (χ1n) is 13.5. The van der Waals surface area contributed by atoms with Crippen molar-refractivity contribution >= 4 is 32.8 Å². The van der Waals surface area contributed by atoms with Gasteiger partial charge in [-0.1, -0.05) is 115 Å². The van der Waals surface area contributed by atoms with E-state index in [0.717, 1.165) is 60.8 Å². The molecule has 5 heteroatoms. The van der Waals surface area contributed by atoms with Crippen LogP contribution in [0, 0.1) is 0 Å². The summed E-state index contributed by atoms with van der Waals surface area (Å²) in [6.07, 6.45) is 0. The Hall–Kier alpha value is -5.68. The molecule has 5 nitrogen and oxygen atoms in total. The maximum Gasteiger partial charge on any atom is 0.166 e. The van der Waals surface area contributed by atoms with Gasteiger partial charge in [0.1, 0.15) is 11.2 Å². The smallest absolute Gasteiger partial charge is 0.166 e. The zero-order valence-corrected chi connectivity index (χ0v) is 21.9. The summed E-state index contributed by atoms with van der Waals surface area (Å²) in [5, 5.41) is 2.96. The van der Waals surface area contributed by atoms with Gasteiger partial charge in [-0.2, -0.15) is 0 Å². The normalized spacial score (nSPS) is 11.4. The Morgan fingerprint density at radius 3 is 1.61 bits per heavy atom. The van der Waals surface area contributed by atoms with E-state index >= 15 is 0 Å². The van der Waals surface area contributed by atoms with E-state index in [1.165, 1.54) is 0 Å². The molecule has 3 heterocycles. The van der Waals surface area contributed by atoms with Crippen molar-refractivity contribution in [3.05, 3.63) is 133 Å². The number of furan rings is 1. The number of hydrogen-bond acceptors (Lipinski definition) is 5. The second-order valence-electron chi connectivity index (χ2n) is 9.87. The molecule has 0 saturated carbocycles. The summed E-state index contributed by atoms with van der Waals surface area (Å²) in [6, 6.07) is 44.5. The van der Waals surface area contributed by atoms with Crippen LogP contribution in [0.15, 0.2) is 138 Å². The predicted octanol–water partition coefficient (Wildman–Crippen LogP) is 8.99. The van der Waals surface area contributed by atoms with Crippen LogP contribution in [0.5, 0.6) is 0 Å². The summed E-state index contributed by atoms with van der Waals surface area (Å²) in [5.41, 5.74) is 6.96. The molecule has 3 aromatic heterocycles. The second kappa shape index (κ2) is 9.50. The average molecular weight is 527 g/mol. The molecular weight excluding hydrogens is 504 g/mol. The molecule has 0 saturated heterocycles. The van der Waals surface area contributed by atoms with Crippen LogP contribution >= 0.6 is 0 Å². The molecule has 0 atom stereocenters. The molecule has 0 radical (unpaired) electrons. The van der Waals surface area contributed by atoms with Crippen LogP contribution in [0.2, 0.25) is 0 Å². The Bertz CT molecular complexity index is 2130. The number of para-hydroxylation sites is 2. The zero-order valence-electron chi connectivity index (χ0n) is 21.9. The Morgan fingerprint density at radius 2 is 0.951 bits per heavy atom. The molecule has 5 aromatic carbocycles. The SMILES string of the molecule is c1ccc(-c2nc(-c3ccccc3)nc(-c3cccc4c3nc(-c3ccccc3)c3c5ccccc5oc43)n2)cc1. The number of hydrogen-bond donors (Lipinski definition) is 0. The molecule has 0 bridgehead atoms. The number of pyridine rings is 1. The third kappa shape index (κ3) is 3.95. The molecule has 0 spiro atoms. The van der Waals surface area contributed by atoms with Crippen LogP contribution in [0.3, 0.4) is 0 Å². The maximum absolute atomic E-state index is 6.51. The molecule has 0 aliphatic rings. The number of rotatable bonds is 4. The van der Waals surface area contributed by atoms with Gasteiger partial charge in [-0.3, -0.25) is 0 Å². The molecule has 192 valence electrons. The third-order valence-corrected chi connectivity index (χ3v) is 7.32. The minimum Gasteiger partial charge on any atom is -0.455 e. The third-order valence-electron chi connectivity index (χ3n) is 7.32. The van der Waals surface area contributed by atoms with Crippen molar-refractivity contribution in [2.45, 2.75) is 0 Å². The molecule has 0 fully saturated rings. The molecular formula is C36H22N4O. The summed E-state index contributed by atoms with van der Waals surface area (Å²) in [4.78, 5) is 20.1. The van der Waals surface area contributed by atoms with Crippen LogP contribution in [0.4, 0.5) is 0 Å². The Labute approximate surface area is 235 Å². The first-order chi connectivity index (χ1) is 20.3. The number of fused-ring (bicyclic) bond motifs is 5. The quantitative estimate of drug-likeness (QED) is 0.229. The zero-order chi connectivity index (χ0) is 27.2. The topological polar surface area (TPSA) is 64.7 Å². The monoisotopic (exact) mass is 526 g/mol. The summed E-state index contributed by atoms with van der Waals surface area (Å²) < 4.78 is 6.51. The molecule has 0 aliphatic heterocycles. The van der Waals surface area contributed by atoms with Crippen molar-refractivity contribution in [3.63, 3.8) is 0 Å². The lowest BCUT2D eigenvalue weighted by molar-refractivity contribution is 0.672. The van der Waals surface area contributed by atoms with Crippen molar-refractivity contribution in [1.82, 2.24) is 19.9 Å². The Kier molecular flexibility index (Phi) is 5.38. The van der Waals surface area contributed by atoms with Gasteiger partial charge in [0.25, 0.3) is 0 Å². The summed E-state index contributed by atoms with van der Waals surface area (Å²) in [7, 11) is 0. The highest BCUT2D eigenvalue weighted by atomic mass is 16.3. The number of aromatic nitrogens is 4. The van der Waals surface area contributed by atoms with E-state index in [4.69, 9.17) is 24.4 Å². The van der Waals surface area contributed by atoms with Gasteiger partial charge in [-0.05, 0) is 18.2 Å². The van der Waals surface area contributed by atoms with E-state index in [1.54, 1.807) is 0 Å². The summed E-state index contributed by atoms with van der Waals surface area (Å²) >= 11 is 0. The molecule has 41 heavy (non-hydrogen) atoms. The van der Waals surface area contributed by atoms with Gasteiger partial charge in [-0.15, -0.1) is 0 Å². The lowest BCUT2D eigenvalue weighted by Gasteiger charge is -2.12. The molecule has 0 N–H and O–H groups in total. The van der Waals surface area contributed by atoms with Crippen molar-refractivity contribution in [2.75, 3.05) is 0 Å². The van der Waals surface area contributed by atoms with Crippen LogP contribution < -0.4 is 0 Å². The highest BCUT2D eigenvalue weighted by molar-refractivity contribution is 6.20. The van der Waals surface area contributed by atoms with Crippen molar-refractivity contribution in [3.8, 4) is 45.4 Å². The Morgan fingerprint density at radius 1 is 0.415 bits per heavy atom. The maximum atomic E-state index is 6.51. The highest BCUT2D eigenvalue weighted by Gasteiger charge is 2.21. The Balaban J connectivity index is 1.46. The summed E-state index contributed by atoms with van der Waals surface area (Å²) in [6.45, 7) is 0. The van der Waals surface area contributed by atoms with Gasteiger partial charge in [0.05, 0.1) is 16.6 Å². The van der Waals surface area contributed by atoms with Crippen LogP contribution in [-0.2, 0) is 0 Å². The van der Waals surface area contributed by atoms with Gasteiger partial charge in [0.15, 0.2) is 17.5 Å². The standard InChI is InChI=1S/C36H22N4O/c1-4-13-23(14-5-1)31-30-26-19-10-11-22-29(26)41-33(30)27-20-12-21-28(32(27)37-31)36-39-34(24-15-6-2-7-16-24)38-35(40-36)25-17-8-3-9-18-25/h1-22H. The van der Waals surface area contributed by atoms with Gasteiger partial charge in [0.2, 0.25) is 0 Å². The van der Waals surface area contributed by atoms with Crippen LogP contribution in [0.25, 0.3) is 78.3 Å². The number of nitrogens with zero attached hydrogens (tertiary/aromatic N) is 4. The highest BCUT2D eigenvalue weighted by Crippen LogP contribution is 2.41. The average Bonchev–Trinajstić information content (AvgIpc) is 3.45. The van der Waals surface area contributed by atoms with E-state index in [-0.39, 0.29) is 0 Å². The van der Waals surface area contributed by atoms with E-state index < -0.39 is 0 Å². The lowest BCUT2D eigenvalue weighted by Crippen LogP contribution is -2.01. The minimum atomic E-state index is 0.560. The van der Waals surface area contributed by atoms with Crippen molar-refractivity contribution < 1.29 is 4.42 Å². The van der Waals surface area contributed by atoms with E-state index in [2.05, 4.69) is 24.3 Å². The van der Waals surface area contributed by atoms with Gasteiger partial charge in [0, 0.05) is 33.0 Å². The second-order valence-corrected chi connectivity index (χ2v) is 9.87. The summed E-state index contributed by atoms with van der Waals surface area (Å²) in [5.74, 6) is 1.78. The van der Waals surface area contributed by atoms with Crippen LogP contribution in [0.1, 0.15) is 0 Å². The first kappa shape index (κ1) is 23.2. The molecule has 0 unspecified atom stereocenters. The van der Waals surface area contributed by atoms with Gasteiger partial charge < -0.3 is 4.42 Å². The minimum absolute atomic E-state index is 0.560. The molecule has 0 aliphatic carbocycles. The number of benzene rings is 5. The van der Waals surface area contributed by atoms with Crippen molar-refractivity contribution in [2.24, 2.45) is 0 Å². The lowest BCUT2D eigenvalue weighted by atomic mass is 10.0. The van der Waals surface area contributed by atoms with Gasteiger partial charge in [-0.25, -0.2) is 19.9 Å². The van der Waals surface area contributed by atoms with E-state index in [0.29, 0.717) is 17.5 Å². The fraction of sp³-hybridized carbons (Fsp3) is 0. The molecule has 0 amide bonds. The van der Waals surface area contributed by atoms with E-state index in [9.17, 15) is 0 Å². The van der Waals surface area contributed by atoms with Gasteiger partial charge >= 0.3 is 0 Å². The fourth-order valence-electron chi connectivity index (χ4n) is 5.40. The van der Waals surface area contributed by atoms with Crippen molar-refractivity contribution in [1.29, 1.82) is 0 Å². The van der Waals surface area contributed by atoms with Crippen LogP contribution in [-0.4, -0.2) is 19.9 Å². The molecule has 8 rings (SSSR count).